The number of carbonyl (C=O) groups is 2. The van der Waals surface area contributed by atoms with Gasteiger partial charge in [0.1, 0.15) is 6.10 Å². The van der Waals surface area contributed by atoms with Crippen LogP contribution >= 0.6 is 0 Å². The summed E-state index contributed by atoms with van der Waals surface area (Å²) in [5.41, 5.74) is 0. The molecule has 0 aliphatic carbocycles. The molecule has 64 heavy (non-hydrogen) atoms. The highest BCUT2D eigenvalue weighted by Crippen LogP contribution is 2.16. The number of hydrogen-bond donors (Lipinski definition) is 3. The van der Waals surface area contributed by atoms with Gasteiger partial charge in [-0.2, -0.15) is 0 Å². The van der Waals surface area contributed by atoms with Crippen LogP contribution in [-0.4, -0.2) is 46.9 Å². The highest BCUT2D eigenvalue weighted by atomic mass is 16.5. The van der Waals surface area contributed by atoms with Crippen molar-refractivity contribution < 1.29 is 24.5 Å². The molecule has 0 saturated heterocycles. The molecule has 0 rings (SSSR count). The topological polar surface area (TPSA) is 95.9 Å². The fourth-order valence-corrected chi connectivity index (χ4v) is 7.51. The molecule has 0 radical (unpaired) electrons. The number of esters is 1. The van der Waals surface area contributed by atoms with Gasteiger partial charge in [-0.3, -0.25) is 9.59 Å². The number of rotatable bonds is 46. The van der Waals surface area contributed by atoms with Gasteiger partial charge in [-0.1, -0.05) is 246 Å². The Hall–Kier alpha value is -3.22. The summed E-state index contributed by atoms with van der Waals surface area (Å²) in [7, 11) is 0. The van der Waals surface area contributed by atoms with E-state index in [0.29, 0.717) is 19.3 Å². The van der Waals surface area contributed by atoms with Crippen molar-refractivity contribution in [3.8, 4) is 0 Å². The van der Waals surface area contributed by atoms with E-state index >= 15 is 0 Å². The van der Waals surface area contributed by atoms with Crippen LogP contribution in [0.15, 0.2) is 97.2 Å². The largest absolute Gasteiger partial charge is 0.461 e. The summed E-state index contributed by atoms with van der Waals surface area (Å²) in [4.78, 5) is 26.1. The molecular weight excluding hydrogens is 791 g/mol. The summed E-state index contributed by atoms with van der Waals surface area (Å²) in [5.74, 6) is -0.598. The first kappa shape index (κ1) is 60.8. The van der Waals surface area contributed by atoms with Crippen molar-refractivity contribution in [1.29, 1.82) is 0 Å². The highest BCUT2D eigenvalue weighted by molar-refractivity contribution is 5.77. The molecule has 6 heteroatoms. The van der Waals surface area contributed by atoms with E-state index in [4.69, 9.17) is 4.74 Å². The van der Waals surface area contributed by atoms with Crippen molar-refractivity contribution in [2.75, 3.05) is 6.61 Å². The number of hydrogen-bond acceptors (Lipinski definition) is 5. The van der Waals surface area contributed by atoms with Crippen LogP contribution in [0.4, 0.5) is 0 Å². The number of amides is 1. The zero-order valence-electron chi connectivity index (χ0n) is 41.6. The average Bonchev–Trinajstić information content (AvgIpc) is 3.29. The third-order valence-electron chi connectivity index (χ3n) is 11.5. The Bertz CT molecular complexity index is 1270. The lowest BCUT2D eigenvalue weighted by molar-refractivity contribution is -0.150. The molecule has 3 N–H and O–H groups in total. The standard InChI is InChI=1S/C58H99NO5/c1-4-7-10-13-16-19-22-25-28-31-34-37-40-43-46-49-54(64-58(63)51-48-45-42-39-36-33-30-27-24-21-18-15-12-9-6-3)52-57(62)59-55(53-60)56(61)50-47-44-41-38-35-32-29-26-23-20-17-14-11-8-5-2/h7,9-10,12,15-16,18-19,21,24-25,28,34,37,43,46,54-56,60-61H,4-6,8,11,13-14,17,20,22-23,26-27,29-33,35-36,38-42,44-45,47-53H2,1-3H3,(H,59,62)/b10-7-,12-9+,18-15+,19-16-,24-21+,28-25-,37-34-,46-43-. The number of aliphatic hydroxyl groups excluding tert-OH is 2. The van der Waals surface area contributed by atoms with Gasteiger partial charge in [-0.25, -0.2) is 0 Å². The van der Waals surface area contributed by atoms with Crippen LogP contribution in [-0.2, 0) is 14.3 Å². The van der Waals surface area contributed by atoms with Crippen molar-refractivity contribution in [3.05, 3.63) is 97.2 Å². The number of carbonyl (C=O) groups excluding carboxylic acids is 2. The Morgan fingerprint density at radius 2 is 0.938 bits per heavy atom. The van der Waals surface area contributed by atoms with Crippen molar-refractivity contribution in [1.82, 2.24) is 5.32 Å². The van der Waals surface area contributed by atoms with Gasteiger partial charge in [-0.05, 0) is 64.2 Å². The first-order valence-electron chi connectivity index (χ1n) is 26.5. The molecule has 1 amide bonds. The first-order chi connectivity index (χ1) is 31.5. The fraction of sp³-hybridized carbons (Fsp3) is 0.690. The summed E-state index contributed by atoms with van der Waals surface area (Å²) in [6, 6.07) is -0.740. The quantitative estimate of drug-likeness (QED) is 0.0245. The maximum atomic E-state index is 13.2. The predicted molar refractivity (Wildman–Crippen MR) is 277 cm³/mol. The number of nitrogens with one attached hydrogen (secondary N) is 1. The van der Waals surface area contributed by atoms with Crippen molar-refractivity contribution in [2.24, 2.45) is 0 Å². The summed E-state index contributed by atoms with van der Waals surface area (Å²) >= 11 is 0. The Labute approximate surface area is 395 Å². The third-order valence-corrected chi connectivity index (χ3v) is 11.5. The maximum Gasteiger partial charge on any atom is 0.306 e. The van der Waals surface area contributed by atoms with Crippen LogP contribution in [0.25, 0.3) is 0 Å². The second-order valence-electron chi connectivity index (χ2n) is 17.6. The molecule has 0 heterocycles. The first-order valence-corrected chi connectivity index (χ1v) is 26.5. The van der Waals surface area contributed by atoms with E-state index in [2.05, 4.69) is 111 Å². The van der Waals surface area contributed by atoms with Gasteiger partial charge in [0.2, 0.25) is 5.91 Å². The lowest BCUT2D eigenvalue weighted by Crippen LogP contribution is -2.46. The smallest absolute Gasteiger partial charge is 0.306 e. The Balaban J connectivity index is 4.72. The van der Waals surface area contributed by atoms with E-state index in [1.807, 2.05) is 12.2 Å². The van der Waals surface area contributed by atoms with E-state index in [0.717, 1.165) is 83.5 Å². The SMILES string of the molecule is CC/C=C\C/C=C\C/C=C\C/C=C\C/C=C\CC(CC(=O)NC(CO)C(O)CCCCCCCCCCCCCCCCC)OC(=O)CCCCCCCCC/C=C/C=C/C=C/CC. The lowest BCUT2D eigenvalue weighted by atomic mass is 10.0. The maximum absolute atomic E-state index is 13.2. The van der Waals surface area contributed by atoms with E-state index in [1.165, 1.54) is 103 Å². The molecule has 6 nitrogen and oxygen atoms in total. The number of allylic oxidation sites excluding steroid dienone is 15. The van der Waals surface area contributed by atoms with Crippen molar-refractivity contribution >= 4 is 11.9 Å². The van der Waals surface area contributed by atoms with Gasteiger partial charge in [0, 0.05) is 12.8 Å². The van der Waals surface area contributed by atoms with E-state index in [1.54, 1.807) is 0 Å². The zero-order valence-corrected chi connectivity index (χ0v) is 41.6. The highest BCUT2D eigenvalue weighted by Gasteiger charge is 2.23. The second-order valence-corrected chi connectivity index (χ2v) is 17.6. The van der Waals surface area contributed by atoms with Crippen LogP contribution in [0.2, 0.25) is 0 Å². The molecule has 0 bridgehead atoms. The van der Waals surface area contributed by atoms with Gasteiger partial charge in [0.25, 0.3) is 0 Å². The van der Waals surface area contributed by atoms with Crippen LogP contribution in [0.5, 0.6) is 0 Å². The van der Waals surface area contributed by atoms with Crippen LogP contribution < -0.4 is 5.32 Å². The summed E-state index contributed by atoms with van der Waals surface area (Å²) in [6.07, 6.45) is 67.7. The van der Waals surface area contributed by atoms with Gasteiger partial charge in [-0.15, -0.1) is 0 Å². The van der Waals surface area contributed by atoms with Gasteiger partial charge in [0.15, 0.2) is 0 Å². The normalized spacial score (nSPS) is 14.0. The molecule has 0 aromatic heterocycles. The van der Waals surface area contributed by atoms with E-state index in [-0.39, 0.29) is 24.9 Å². The molecule has 0 aromatic carbocycles. The second kappa shape index (κ2) is 50.8. The summed E-state index contributed by atoms with van der Waals surface area (Å²) in [6.45, 7) is 6.21. The van der Waals surface area contributed by atoms with Gasteiger partial charge in [0.05, 0.1) is 25.2 Å². The molecule has 0 saturated carbocycles. The molecule has 3 unspecified atom stereocenters. The van der Waals surface area contributed by atoms with E-state index < -0.39 is 18.2 Å². The van der Waals surface area contributed by atoms with Crippen LogP contribution in [0.1, 0.15) is 233 Å². The third kappa shape index (κ3) is 45.4. The molecule has 0 aliphatic heterocycles. The Kier molecular flexibility index (Phi) is 48.2. The Morgan fingerprint density at radius 1 is 0.500 bits per heavy atom. The average molecular weight is 890 g/mol. The molecule has 0 fully saturated rings. The minimum atomic E-state index is -0.819. The Morgan fingerprint density at radius 3 is 1.44 bits per heavy atom. The number of aliphatic hydroxyl groups is 2. The molecule has 3 atom stereocenters. The van der Waals surface area contributed by atoms with Crippen molar-refractivity contribution in [3.63, 3.8) is 0 Å². The van der Waals surface area contributed by atoms with Gasteiger partial charge < -0.3 is 20.3 Å². The van der Waals surface area contributed by atoms with Gasteiger partial charge >= 0.3 is 5.97 Å². The lowest BCUT2D eigenvalue weighted by Gasteiger charge is -2.24. The zero-order chi connectivity index (χ0) is 46.7. The number of ether oxygens (including phenoxy) is 1. The fourth-order valence-electron chi connectivity index (χ4n) is 7.51. The van der Waals surface area contributed by atoms with Crippen molar-refractivity contribution in [2.45, 2.75) is 251 Å². The monoisotopic (exact) mass is 890 g/mol. The van der Waals surface area contributed by atoms with Crippen LogP contribution in [0, 0.1) is 0 Å². The summed E-state index contributed by atoms with van der Waals surface area (Å²) < 4.78 is 5.87. The van der Waals surface area contributed by atoms with E-state index in [9.17, 15) is 19.8 Å². The minimum absolute atomic E-state index is 0.0103. The molecular formula is C58H99NO5. The molecule has 0 spiro atoms. The minimum Gasteiger partial charge on any atom is -0.461 e. The molecule has 366 valence electrons. The predicted octanol–water partition coefficient (Wildman–Crippen LogP) is 16.1. The number of unbranched alkanes of at least 4 members (excludes halogenated alkanes) is 21. The molecule has 0 aliphatic rings. The summed E-state index contributed by atoms with van der Waals surface area (Å²) in [5, 5.41) is 23.8. The molecule has 0 aromatic rings. The van der Waals surface area contributed by atoms with Crippen LogP contribution in [0.3, 0.4) is 0 Å².